The Labute approximate surface area is 160 Å². The second-order valence-corrected chi connectivity index (χ2v) is 7.76. The molecule has 4 nitrogen and oxygen atoms in total. The van der Waals surface area contributed by atoms with E-state index in [0.717, 1.165) is 17.5 Å². The quantitative estimate of drug-likeness (QED) is 0.787. The van der Waals surface area contributed by atoms with Gasteiger partial charge in [0.2, 0.25) is 0 Å². The molecular formula is C21H25ClN2O2. The highest BCUT2D eigenvalue weighted by atomic mass is 35.5. The molecule has 0 heterocycles. The minimum Gasteiger partial charge on any atom is -0.267 e. The average Bonchev–Trinajstić information content (AvgIpc) is 2.57. The van der Waals surface area contributed by atoms with Crippen molar-refractivity contribution >= 4 is 23.4 Å². The molecule has 5 heteroatoms. The maximum absolute atomic E-state index is 13.0. The van der Waals surface area contributed by atoms with Crippen LogP contribution in [0.2, 0.25) is 5.02 Å². The summed E-state index contributed by atoms with van der Waals surface area (Å²) in [6, 6.07) is 12.5. The molecule has 0 aliphatic rings. The van der Waals surface area contributed by atoms with Crippen molar-refractivity contribution in [1.29, 1.82) is 0 Å². The van der Waals surface area contributed by atoms with Crippen molar-refractivity contribution in [3.05, 3.63) is 69.7 Å². The van der Waals surface area contributed by atoms with Crippen LogP contribution in [0.4, 0.5) is 0 Å². The minimum atomic E-state index is -0.605. The van der Waals surface area contributed by atoms with E-state index in [1.165, 1.54) is 5.01 Å². The first-order valence-corrected chi connectivity index (χ1v) is 9.01. The Morgan fingerprint density at radius 3 is 2.15 bits per heavy atom. The van der Waals surface area contributed by atoms with Crippen molar-refractivity contribution in [1.82, 2.24) is 10.4 Å². The van der Waals surface area contributed by atoms with Crippen LogP contribution in [0.3, 0.4) is 0 Å². The molecule has 0 saturated carbocycles. The molecule has 0 saturated heterocycles. The van der Waals surface area contributed by atoms with E-state index in [0.29, 0.717) is 16.1 Å². The first kappa shape index (κ1) is 20.0. The van der Waals surface area contributed by atoms with E-state index in [4.69, 9.17) is 11.6 Å². The average molecular weight is 373 g/mol. The van der Waals surface area contributed by atoms with Gasteiger partial charge in [-0.15, -0.1) is 0 Å². The van der Waals surface area contributed by atoms with Gasteiger partial charge in [0, 0.05) is 16.1 Å². The predicted molar refractivity (Wildman–Crippen MR) is 105 cm³/mol. The number of halogens is 1. The van der Waals surface area contributed by atoms with Gasteiger partial charge in [0.15, 0.2) is 0 Å². The lowest BCUT2D eigenvalue weighted by molar-refractivity contribution is 0.0358. The van der Waals surface area contributed by atoms with Gasteiger partial charge in [-0.25, -0.2) is 5.01 Å². The molecule has 2 aromatic rings. The Morgan fingerprint density at radius 2 is 1.65 bits per heavy atom. The molecule has 0 unspecified atom stereocenters. The number of aryl methyl sites for hydroxylation is 2. The Bertz CT molecular complexity index is 788. The molecule has 0 bridgehead atoms. The van der Waals surface area contributed by atoms with Crippen LogP contribution in [0.5, 0.6) is 0 Å². The number of benzene rings is 2. The van der Waals surface area contributed by atoms with E-state index in [9.17, 15) is 9.59 Å². The van der Waals surface area contributed by atoms with Crippen LogP contribution in [-0.2, 0) is 6.42 Å². The van der Waals surface area contributed by atoms with E-state index >= 15 is 0 Å². The molecule has 2 rings (SSSR count). The molecule has 0 radical (unpaired) electrons. The first-order valence-electron chi connectivity index (χ1n) is 8.63. The topological polar surface area (TPSA) is 49.4 Å². The third kappa shape index (κ3) is 4.85. The highest BCUT2D eigenvalue weighted by Crippen LogP contribution is 2.20. The lowest BCUT2D eigenvalue weighted by Gasteiger charge is -2.35. The largest absolute Gasteiger partial charge is 0.272 e. The van der Waals surface area contributed by atoms with Crippen LogP contribution in [0, 0.1) is 6.92 Å². The van der Waals surface area contributed by atoms with E-state index in [2.05, 4.69) is 12.3 Å². The van der Waals surface area contributed by atoms with E-state index in [1.807, 2.05) is 39.8 Å². The van der Waals surface area contributed by atoms with Crippen molar-refractivity contribution in [3.8, 4) is 0 Å². The maximum Gasteiger partial charge on any atom is 0.272 e. The zero-order valence-electron chi connectivity index (χ0n) is 15.9. The molecule has 0 aliphatic heterocycles. The molecule has 0 fully saturated rings. The molecule has 2 aromatic carbocycles. The number of carbonyl (C=O) groups excluding carboxylic acids is 2. The SMILES string of the molecule is CCc1ccc(C(=O)NN(C(=O)c2cc(C)cc(Cl)c2)C(C)(C)C)cc1. The second kappa shape index (κ2) is 7.92. The van der Waals surface area contributed by atoms with Crippen molar-refractivity contribution in [2.45, 2.75) is 46.6 Å². The third-order valence-electron chi connectivity index (χ3n) is 4.00. The smallest absolute Gasteiger partial charge is 0.267 e. The van der Waals surface area contributed by atoms with Crippen molar-refractivity contribution in [3.63, 3.8) is 0 Å². The number of nitrogens with zero attached hydrogens (tertiary/aromatic N) is 1. The summed E-state index contributed by atoms with van der Waals surface area (Å²) < 4.78 is 0. The number of hydrogen-bond acceptors (Lipinski definition) is 2. The molecule has 0 atom stereocenters. The monoisotopic (exact) mass is 372 g/mol. The molecule has 138 valence electrons. The molecular weight excluding hydrogens is 348 g/mol. The molecule has 2 amide bonds. The predicted octanol–water partition coefficient (Wildman–Crippen LogP) is 4.80. The zero-order chi connectivity index (χ0) is 19.5. The first-order chi connectivity index (χ1) is 12.1. The van der Waals surface area contributed by atoms with Gasteiger partial charge in [-0.2, -0.15) is 0 Å². The molecule has 1 N–H and O–H groups in total. The summed E-state index contributed by atoms with van der Waals surface area (Å²) in [7, 11) is 0. The number of carbonyl (C=O) groups is 2. The number of rotatable bonds is 3. The van der Waals surface area contributed by atoms with Crippen molar-refractivity contribution in [2.24, 2.45) is 0 Å². The van der Waals surface area contributed by atoms with Crippen LogP contribution in [0.1, 0.15) is 59.5 Å². The van der Waals surface area contributed by atoms with E-state index in [1.54, 1.807) is 30.3 Å². The second-order valence-electron chi connectivity index (χ2n) is 7.32. The van der Waals surface area contributed by atoms with Gasteiger partial charge >= 0.3 is 0 Å². The van der Waals surface area contributed by atoms with E-state index in [-0.39, 0.29) is 11.8 Å². The number of hydrazine groups is 1. The Morgan fingerprint density at radius 1 is 1.04 bits per heavy atom. The van der Waals surface area contributed by atoms with Crippen LogP contribution >= 0.6 is 11.6 Å². The summed E-state index contributed by atoms with van der Waals surface area (Å²) in [5, 5.41) is 1.84. The van der Waals surface area contributed by atoms with Crippen LogP contribution in [0.15, 0.2) is 42.5 Å². The highest BCUT2D eigenvalue weighted by molar-refractivity contribution is 6.31. The lowest BCUT2D eigenvalue weighted by Crippen LogP contribution is -2.55. The van der Waals surface area contributed by atoms with Gasteiger partial charge in [-0.1, -0.05) is 30.7 Å². The number of hydrogen-bond donors (Lipinski definition) is 1. The number of nitrogens with one attached hydrogen (secondary N) is 1. The summed E-state index contributed by atoms with van der Waals surface area (Å²) in [5.41, 5.74) is 5.13. The van der Waals surface area contributed by atoms with Crippen LogP contribution in [0.25, 0.3) is 0 Å². The summed E-state index contributed by atoms with van der Waals surface area (Å²) in [5.74, 6) is -0.628. The van der Waals surface area contributed by atoms with Crippen molar-refractivity contribution in [2.75, 3.05) is 0 Å². The summed E-state index contributed by atoms with van der Waals surface area (Å²) >= 11 is 6.09. The Balaban J connectivity index is 2.29. The fourth-order valence-electron chi connectivity index (χ4n) is 2.57. The van der Waals surface area contributed by atoms with Gasteiger partial charge in [-0.3, -0.25) is 15.0 Å². The Hall–Kier alpha value is -2.33. The van der Waals surface area contributed by atoms with Gasteiger partial charge in [0.25, 0.3) is 11.8 Å². The molecule has 26 heavy (non-hydrogen) atoms. The zero-order valence-corrected chi connectivity index (χ0v) is 16.6. The van der Waals surface area contributed by atoms with Gasteiger partial charge in [-0.05, 0) is 75.6 Å². The third-order valence-corrected chi connectivity index (χ3v) is 4.22. The highest BCUT2D eigenvalue weighted by Gasteiger charge is 2.30. The lowest BCUT2D eigenvalue weighted by atomic mass is 10.0. The Kier molecular flexibility index (Phi) is 6.09. The van der Waals surface area contributed by atoms with Gasteiger partial charge in [0.05, 0.1) is 5.54 Å². The van der Waals surface area contributed by atoms with Gasteiger partial charge < -0.3 is 0 Å². The van der Waals surface area contributed by atoms with Gasteiger partial charge in [0.1, 0.15) is 0 Å². The summed E-state index contributed by atoms with van der Waals surface area (Å²) in [6.07, 6.45) is 0.905. The van der Waals surface area contributed by atoms with Crippen LogP contribution in [-0.4, -0.2) is 22.4 Å². The normalized spacial score (nSPS) is 11.2. The molecule has 0 aliphatic carbocycles. The number of amides is 2. The molecule has 0 aromatic heterocycles. The fraction of sp³-hybridized carbons (Fsp3) is 0.333. The standard InChI is InChI=1S/C21H25ClN2O2/c1-6-15-7-9-16(10-8-15)19(25)23-24(21(3,4)5)20(26)17-11-14(2)12-18(22)13-17/h7-13H,6H2,1-5H3,(H,23,25). The summed E-state index contributed by atoms with van der Waals surface area (Å²) in [6.45, 7) is 9.52. The summed E-state index contributed by atoms with van der Waals surface area (Å²) in [4.78, 5) is 25.7. The van der Waals surface area contributed by atoms with E-state index < -0.39 is 5.54 Å². The van der Waals surface area contributed by atoms with Crippen molar-refractivity contribution < 1.29 is 9.59 Å². The minimum absolute atomic E-state index is 0.304. The molecule has 0 spiro atoms. The van der Waals surface area contributed by atoms with Crippen LogP contribution < -0.4 is 5.43 Å². The maximum atomic E-state index is 13.0. The fourth-order valence-corrected chi connectivity index (χ4v) is 2.86.